The summed E-state index contributed by atoms with van der Waals surface area (Å²) in [6.07, 6.45) is -5.36. The van der Waals surface area contributed by atoms with Crippen LogP contribution in [0.4, 0.5) is 33.7 Å². The number of alkyl halides is 4. The zero-order chi connectivity index (χ0) is 32.9. The number of sulfonamides is 1. The number of amides is 2. The van der Waals surface area contributed by atoms with Crippen LogP contribution in [0.2, 0.25) is 0 Å². The first kappa shape index (κ1) is 33.7. The molecular weight excluding hydrogens is 618 g/mol. The highest BCUT2D eigenvalue weighted by Crippen LogP contribution is 2.32. The average Bonchev–Trinajstić information content (AvgIpc) is 3.28. The number of piperidine rings is 1. The van der Waals surface area contributed by atoms with Gasteiger partial charge in [0.2, 0.25) is 10.0 Å². The molecule has 4 rings (SSSR count). The minimum Gasteiger partial charge on any atom is -0.495 e. The molecule has 1 fully saturated rings. The van der Waals surface area contributed by atoms with E-state index in [2.05, 4.69) is 27.8 Å². The Bertz CT molecular complexity index is 1700. The van der Waals surface area contributed by atoms with Gasteiger partial charge >= 0.3 is 12.2 Å². The Morgan fingerprint density at radius 2 is 1.96 bits per heavy atom. The highest BCUT2D eigenvalue weighted by atomic mass is 32.2. The van der Waals surface area contributed by atoms with E-state index in [1.54, 1.807) is 25.1 Å². The van der Waals surface area contributed by atoms with Gasteiger partial charge in [0, 0.05) is 42.8 Å². The average molecular weight is 654 g/mol. The molecule has 45 heavy (non-hydrogen) atoms. The highest BCUT2D eigenvalue weighted by molar-refractivity contribution is 7.89. The number of ether oxygens (including phenoxy) is 1. The molecule has 1 aliphatic heterocycles. The van der Waals surface area contributed by atoms with E-state index in [4.69, 9.17) is 15.6 Å². The fourth-order valence-electron chi connectivity index (χ4n) is 5.30. The second-order valence-corrected chi connectivity index (χ2v) is 12.3. The Hall–Kier alpha value is -4.20. The lowest BCUT2D eigenvalue weighted by Gasteiger charge is -2.36. The number of likely N-dealkylation sites (tertiary alicyclic amines) is 1. The second kappa shape index (κ2) is 13.8. The first-order valence-corrected chi connectivity index (χ1v) is 15.5. The molecule has 16 heteroatoms. The van der Waals surface area contributed by atoms with Gasteiger partial charge in [-0.3, -0.25) is 4.90 Å². The first-order valence-electron chi connectivity index (χ1n) is 14.0. The van der Waals surface area contributed by atoms with Crippen molar-refractivity contribution in [2.45, 2.75) is 49.2 Å². The van der Waals surface area contributed by atoms with Gasteiger partial charge in [-0.2, -0.15) is 13.2 Å². The van der Waals surface area contributed by atoms with E-state index in [0.29, 0.717) is 36.3 Å². The van der Waals surface area contributed by atoms with Gasteiger partial charge in [0.05, 0.1) is 41.5 Å². The van der Waals surface area contributed by atoms with Crippen molar-refractivity contribution in [2.24, 2.45) is 10.9 Å². The molecule has 2 heterocycles. The number of nitrogens with two attached hydrogens (primary N) is 2. The van der Waals surface area contributed by atoms with E-state index in [1.165, 1.54) is 31.4 Å². The van der Waals surface area contributed by atoms with E-state index in [0.717, 1.165) is 4.57 Å². The molecule has 0 spiro atoms. The topological polar surface area (TPSA) is 157 Å². The van der Waals surface area contributed by atoms with Gasteiger partial charge in [0.15, 0.2) is 0 Å². The predicted octanol–water partition coefficient (Wildman–Crippen LogP) is 3.20. The SMILES string of the molecule is COc1cc(S(N)(=O)=O)ccc1NCC#Cc1cc2c(N[C@H]3CCN(C[C@@H](C)NC(N)=O)C[C@H]3F)cccc2n1CC(F)(F)F. The van der Waals surface area contributed by atoms with E-state index in [9.17, 15) is 26.4 Å². The number of carbonyl (C=O) groups excluding carboxylic acids is 1. The third-order valence-electron chi connectivity index (χ3n) is 7.26. The van der Waals surface area contributed by atoms with Crippen molar-refractivity contribution < 1.29 is 35.5 Å². The maximum atomic E-state index is 15.2. The van der Waals surface area contributed by atoms with Crippen LogP contribution >= 0.6 is 0 Å². The summed E-state index contributed by atoms with van der Waals surface area (Å²) < 4.78 is 85.6. The molecule has 244 valence electrons. The van der Waals surface area contributed by atoms with Crippen molar-refractivity contribution >= 4 is 38.3 Å². The number of primary amides is 1. The quantitative estimate of drug-likeness (QED) is 0.166. The summed E-state index contributed by atoms with van der Waals surface area (Å²) in [5.41, 5.74) is 6.45. The van der Waals surface area contributed by atoms with Crippen LogP contribution in [0.5, 0.6) is 5.75 Å². The summed E-state index contributed by atoms with van der Waals surface area (Å²) in [6, 6.07) is 8.88. The number of benzene rings is 2. The Morgan fingerprint density at radius 3 is 2.60 bits per heavy atom. The van der Waals surface area contributed by atoms with Crippen LogP contribution in [-0.4, -0.2) is 81.6 Å². The van der Waals surface area contributed by atoms with Crippen molar-refractivity contribution in [2.75, 3.05) is 43.9 Å². The van der Waals surface area contributed by atoms with Gasteiger partial charge in [-0.05, 0) is 49.6 Å². The standard InChI is InChI=1S/C29H35F4N7O4S/c1-18(37-28(34)41)15-39-12-10-24(22(30)16-39)38-23-6-3-7-26-21(23)13-19(40(26)17-29(31,32)33)5-4-11-36-25-9-8-20(45(35,42)43)14-27(25)44-2/h3,6-9,13-14,18,22,24,36,38H,10-12,15-17H2,1-2H3,(H3,34,37,41)(H2,35,42,43)/t18-,22-,24+/m1/s1. The Labute approximate surface area is 258 Å². The van der Waals surface area contributed by atoms with Crippen molar-refractivity contribution in [3.05, 3.63) is 48.2 Å². The van der Waals surface area contributed by atoms with Crippen LogP contribution in [-0.2, 0) is 16.6 Å². The molecule has 3 aromatic rings. The van der Waals surface area contributed by atoms with Crippen molar-refractivity contribution in [3.63, 3.8) is 0 Å². The Kier molecular flexibility index (Phi) is 10.4. The fourth-order valence-corrected chi connectivity index (χ4v) is 5.83. The van der Waals surface area contributed by atoms with Crippen molar-refractivity contribution in [1.29, 1.82) is 0 Å². The van der Waals surface area contributed by atoms with E-state index in [1.807, 2.05) is 4.90 Å². The normalized spacial score (nSPS) is 18.1. The van der Waals surface area contributed by atoms with Gasteiger partial charge in [0.25, 0.3) is 0 Å². The number of hydrogen-bond acceptors (Lipinski definition) is 7. The van der Waals surface area contributed by atoms with Crippen LogP contribution in [0.1, 0.15) is 19.0 Å². The number of anilines is 2. The lowest BCUT2D eigenvalue weighted by molar-refractivity contribution is -0.140. The molecule has 2 amide bonds. The molecule has 7 N–H and O–H groups in total. The summed E-state index contributed by atoms with van der Waals surface area (Å²) in [5.74, 6) is 5.79. The van der Waals surface area contributed by atoms with E-state index >= 15 is 4.39 Å². The number of aromatic nitrogens is 1. The summed E-state index contributed by atoms with van der Waals surface area (Å²) >= 11 is 0. The zero-order valence-electron chi connectivity index (χ0n) is 24.6. The number of carbonyl (C=O) groups is 1. The monoisotopic (exact) mass is 653 g/mol. The first-order chi connectivity index (χ1) is 21.1. The number of primary sulfonamides is 1. The number of nitrogens with one attached hydrogen (secondary N) is 3. The molecule has 0 bridgehead atoms. The second-order valence-electron chi connectivity index (χ2n) is 10.8. The van der Waals surface area contributed by atoms with Gasteiger partial charge in [-0.25, -0.2) is 22.7 Å². The molecule has 2 aromatic carbocycles. The number of fused-ring (bicyclic) bond motifs is 1. The van der Waals surface area contributed by atoms with Crippen LogP contribution in [0.3, 0.4) is 0 Å². The molecule has 1 saturated heterocycles. The number of rotatable bonds is 10. The maximum Gasteiger partial charge on any atom is 0.406 e. The van der Waals surface area contributed by atoms with Crippen LogP contribution in [0.25, 0.3) is 10.9 Å². The number of urea groups is 1. The number of nitrogens with zero attached hydrogens (tertiary/aromatic N) is 2. The molecule has 1 aliphatic rings. The molecule has 3 atom stereocenters. The van der Waals surface area contributed by atoms with Crippen LogP contribution in [0, 0.1) is 11.8 Å². The van der Waals surface area contributed by atoms with Gasteiger partial charge in [0.1, 0.15) is 18.5 Å². The third-order valence-corrected chi connectivity index (χ3v) is 8.17. The molecule has 0 saturated carbocycles. The smallest absolute Gasteiger partial charge is 0.406 e. The molecule has 0 unspecified atom stereocenters. The molecular formula is C29H35F4N7O4S. The predicted molar refractivity (Wildman–Crippen MR) is 163 cm³/mol. The third kappa shape index (κ3) is 8.93. The lowest BCUT2D eigenvalue weighted by Crippen LogP contribution is -2.52. The highest BCUT2D eigenvalue weighted by Gasteiger charge is 2.32. The summed E-state index contributed by atoms with van der Waals surface area (Å²) in [4.78, 5) is 12.8. The minimum atomic E-state index is -4.53. The number of halogens is 4. The maximum absolute atomic E-state index is 15.2. The van der Waals surface area contributed by atoms with Gasteiger partial charge < -0.3 is 31.0 Å². The minimum absolute atomic E-state index is 0.000580. The summed E-state index contributed by atoms with van der Waals surface area (Å²) in [5, 5.41) is 14.3. The molecule has 11 nitrogen and oxygen atoms in total. The zero-order valence-corrected chi connectivity index (χ0v) is 25.4. The Morgan fingerprint density at radius 1 is 1.20 bits per heavy atom. The number of methoxy groups -OCH3 is 1. The van der Waals surface area contributed by atoms with E-state index in [-0.39, 0.29) is 41.0 Å². The number of hydrogen-bond donors (Lipinski definition) is 5. The van der Waals surface area contributed by atoms with Crippen LogP contribution < -0.4 is 31.6 Å². The van der Waals surface area contributed by atoms with Crippen molar-refractivity contribution in [3.8, 4) is 17.6 Å². The van der Waals surface area contributed by atoms with Gasteiger partial charge in [-0.15, -0.1) is 0 Å². The van der Waals surface area contributed by atoms with E-state index < -0.39 is 41.0 Å². The summed E-state index contributed by atoms with van der Waals surface area (Å²) in [7, 11) is -2.60. The molecule has 0 aliphatic carbocycles. The Balaban J connectivity index is 1.53. The lowest BCUT2D eigenvalue weighted by atomic mass is 10.0. The summed E-state index contributed by atoms with van der Waals surface area (Å²) in [6.45, 7) is 1.59. The van der Waals surface area contributed by atoms with Gasteiger partial charge in [-0.1, -0.05) is 12.0 Å². The fraction of sp³-hybridized carbons (Fsp3) is 0.414. The van der Waals surface area contributed by atoms with Crippen LogP contribution in [0.15, 0.2) is 47.4 Å². The molecule has 0 radical (unpaired) electrons. The molecule has 1 aromatic heterocycles. The largest absolute Gasteiger partial charge is 0.495 e. The van der Waals surface area contributed by atoms with Crippen molar-refractivity contribution in [1.82, 2.24) is 14.8 Å².